The number of rotatable bonds is 7. The fraction of sp³-hybridized carbons (Fsp3) is 0.542. The molecule has 1 aromatic heterocycles. The molecule has 0 saturated heterocycles. The van der Waals surface area contributed by atoms with Crippen LogP contribution in [0.3, 0.4) is 0 Å². The number of fused-ring (bicyclic) bond motifs is 1. The third kappa shape index (κ3) is 5.97. The highest BCUT2D eigenvalue weighted by Gasteiger charge is 2.44. The number of hydrogen-bond acceptors (Lipinski definition) is 6. The van der Waals surface area contributed by atoms with E-state index in [1.165, 1.54) is 0 Å². The lowest BCUT2D eigenvalue weighted by Crippen LogP contribution is -2.60. The number of carbonyl (C=O) groups excluding carboxylic acids is 3. The number of ether oxygens (including phenoxy) is 2. The van der Waals surface area contributed by atoms with E-state index >= 15 is 0 Å². The summed E-state index contributed by atoms with van der Waals surface area (Å²) >= 11 is 0. The van der Waals surface area contributed by atoms with Gasteiger partial charge in [0.25, 0.3) is 0 Å². The van der Waals surface area contributed by atoms with Gasteiger partial charge in [0, 0.05) is 23.5 Å². The second-order valence-corrected chi connectivity index (χ2v) is 9.44. The Morgan fingerprint density at radius 3 is 2.55 bits per heavy atom. The van der Waals surface area contributed by atoms with Crippen molar-refractivity contribution in [1.29, 1.82) is 0 Å². The maximum absolute atomic E-state index is 13.4. The number of carbonyl (C=O) groups is 3. The Balaban J connectivity index is 1.82. The molecule has 1 aliphatic rings. The lowest BCUT2D eigenvalue weighted by molar-refractivity contribution is -0.148. The number of phenolic OH excluding ortho intramolecular Hbond substituents is 1. The van der Waals surface area contributed by atoms with Gasteiger partial charge >= 0.3 is 12.1 Å². The van der Waals surface area contributed by atoms with Gasteiger partial charge < -0.3 is 30.2 Å². The van der Waals surface area contributed by atoms with E-state index in [0.717, 1.165) is 29.3 Å². The predicted molar refractivity (Wildman–Crippen MR) is 123 cm³/mol. The molecule has 0 radical (unpaired) electrons. The van der Waals surface area contributed by atoms with Gasteiger partial charge in [0.15, 0.2) is 0 Å². The van der Waals surface area contributed by atoms with Crippen LogP contribution in [-0.4, -0.2) is 51.8 Å². The van der Waals surface area contributed by atoms with Crippen LogP contribution in [0.25, 0.3) is 10.9 Å². The number of esters is 1. The topological polar surface area (TPSA) is 130 Å². The Morgan fingerprint density at radius 1 is 1.21 bits per heavy atom. The van der Waals surface area contributed by atoms with Crippen molar-refractivity contribution < 1.29 is 29.0 Å². The van der Waals surface area contributed by atoms with Crippen LogP contribution in [0.5, 0.6) is 5.75 Å². The maximum Gasteiger partial charge on any atom is 0.408 e. The van der Waals surface area contributed by atoms with E-state index in [1.807, 2.05) is 0 Å². The number of phenols is 1. The predicted octanol–water partition coefficient (Wildman–Crippen LogP) is 3.30. The fourth-order valence-electron chi connectivity index (χ4n) is 4.17. The van der Waals surface area contributed by atoms with Gasteiger partial charge in [-0.15, -0.1) is 0 Å². The standard InChI is InChI=1S/C24H33N3O6/c1-5-32-20(29)19(12-15-14-25-18-9-8-16(28)13-17(15)18)26-21(30)24(10-6-7-11-24)27-22(31)33-23(2,3)4/h8-9,13-14,19,25,28H,5-7,10-12H2,1-4H3,(H,26,30)(H,27,31)/t19-/m0/s1. The summed E-state index contributed by atoms with van der Waals surface area (Å²) < 4.78 is 10.6. The van der Waals surface area contributed by atoms with Crippen LogP contribution in [-0.2, 0) is 25.5 Å². The molecule has 0 unspecified atom stereocenters. The second kappa shape index (κ2) is 9.72. The minimum absolute atomic E-state index is 0.103. The van der Waals surface area contributed by atoms with Crippen molar-refractivity contribution in [2.45, 2.75) is 77.0 Å². The quantitative estimate of drug-likeness (QED) is 0.470. The zero-order valence-electron chi connectivity index (χ0n) is 19.6. The van der Waals surface area contributed by atoms with Gasteiger partial charge in [-0.2, -0.15) is 0 Å². The van der Waals surface area contributed by atoms with Gasteiger partial charge in [0.05, 0.1) is 6.61 Å². The molecule has 1 aliphatic carbocycles. The lowest BCUT2D eigenvalue weighted by Gasteiger charge is -2.32. The summed E-state index contributed by atoms with van der Waals surface area (Å²) in [6.07, 6.45) is 3.69. The first-order chi connectivity index (χ1) is 15.5. The summed E-state index contributed by atoms with van der Waals surface area (Å²) in [5.74, 6) is -0.899. The molecule has 9 heteroatoms. The molecule has 1 atom stereocenters. The number of aromatic nitrogens is 1. The number of H-pyrrole nitrogens is 1. The highest BCUT2D eigenvalue weighted by atomic mass is 16.6. The monoisotopic (exact) mass is 459 g/mol. The molecule has 0 spiro atoms. The van der Waals surface area contributed by atoms with Gasteiger partial charge in [-0.3, -0.25) is 4.79 Å². The van der Waals surface area contributed by atoms with Crippen molar-refractivity contribution in [2.75, 3.05) is 6.61 Å². The van der Waals surface area contributed by atoms with Crippen LogP contribution in [0.2, 0.25) is 0 Å². The van der Waals surface area contributed by atoms with Gasteiger partial charge in [-0.05, 0) is 64.3 Å². The number of aromatic amines is 1. The molecule has 9 nitrogen and oxygen atoms in total. The number of benzene rings is 1. The number of aromatic hydroxyl groups is 1. The molecular formula is C24H33N3O6. The zero-order valence-corrected chi connectivity index (χ0v) is 19.6. The van der Waals surface area contributed by atoms with Crippen LogP contribution >= 0.6 is 0 Å². The molecule has 3 rings (SSSR count). The molecule has 1 saturated carbocycles. The molecule has 33 heavy (non-hydrogen) atoms. The molecule has 0 bridgehead atoms. The third-order valence-electron chi connectivity index (χ3n) is 5.68. The van der Waals surface area contributed by atoms with Crippen LogP contribution in [0, 0.1) is 0 Å². The maximum atomic E-state index is 13.4. The smallest absolute Gasteiger partial charge is 0.408 e. The average molecular weight is 460 g/mol. The Morgan fingerprint density at radius 2 is 1.91 bits per heavy atom. The SMILES string of the molecule is CCOC(=O)[C@H](Cc1c[nH]c2ccc(O)cc12)NC(=O)C1(NC(=O)OC(C)(C)C)CCCC1. The lowest BCUT2D eigenvalue weighted by atomic mass is 9.95. The molecule has 1 fully saturated rings. The molecule has 180 valence electrons. The van der Waals surface area contributed by atoms with Gasteiger partial charge in [-0.25, -0.2) is 9.59 Å². The van der Waals surface area contributed by atoms with Crippen molar-refractivity contribution in [2.24, 2.45) is 0 Å². The van der Waals surface area contributed by atoms with Crippen molar-refractivity contribution >= 4 is 28.9 Å². The number of nitrogens with one attached hydrogen (secondary N) is 3. The summed E-state index contributed by atoms with van der Waals surface area (Å²) in [5, 5.41) is 16.2. The van der Waals surface area contributed by atoms with Crippen LogP contribution in [0.4, 0.5) is 4.79 Å². The van der Waals surface area contributed by atoms with E-state index in [4.69, 9.17) is 9.47 Å². The summed E-state index contributed by atoms with van der Waals surface area (Å²) in [7, 11) is 0. The van der Waals surface area contributed by atoms with E-state index in [-0.39, 0.29) is 18.8 Å². The normalized spacial score (nSPS) is 16.2. The van der Waals surface area contributed by atoms with E-state index in [2.05, 4.69) is 15.6 Å². The highest BCUT2D eigenvalue weighted by molar-refractivity contribution is 5.94. The Hall–Kier alpha value is -3.23. The Labute approximate surface area is 193 Å². The van der Waals surface area contributed by atoms with E-state index < -0.39 is 35.2 Å². The van der Waals surface area contributed by atoms with Crippen molar-refractivity contribution in [3.8, 4) is 5.75 Å². The second-order valence-electron chi connectivity index (χ2n) is 9.44. The molecule has 0 aliphatic heterocycles. The Kier molecular flexibility index (Phi) is 7.19. The van der Waals surface area contributed by atoms with E-state index in [9.17, 15) is 19.5 Å². The molecule has 2 amide bonds. The van der Waals surface area contributed by atoms with E-state index in [0.29, 0.717) is 12.8 Å². The molecule has 1 aromatic carbocycles. The molecule has 1 heterocycles. The zero-order chi connectivity index (χ0) is 24.2. The van der Waals surface area contributed by atoms with Crippen LogP contribution in [0.15, 0.2) is 24.4 Å². The Bertz CT molecular complexity index is 1020. The highest BCUT2D eigenvalue weighted by Crippen LogP contribution is 2.31. The first-order valence-electron chi connectivity index (χ1n) is 11.3. The van der Waals surface area contributed by atoms with Crippen molar-refractivity contribution in [3.63, 3.8) is 0 Å². The fourth-order valence-corrected chi connectivity index (χ4v) is 4.17. The van der Waals surface area contributed by atoms with Gasteiger partial charge in [0.2, 0.25) is 5.91 Å². The number of amides is 2. The van der Waals surface area contributed by atoms with Crippen molar-refractivity contribution in [1.82, 2.24) is 15.6 Å². The minimum Gasteiger partial charge on any atom is -0.508 e. The summed E-state index contributed by atoms with van der Waals surface area (Å²) in [6, 6.07) is 3.95. The molecule has 2 aromatic rings. The van der Waals surface area contributed by atoms with Crippen LogP contribution < -0.4 is 10.6 Å². The largest absolute Gasteiger partial charge is 0.508 e. The summed E-state index contributed by atoms with van der Waals surface area (Å²) in [4.78, 5) is 41.7. The first-order valence-corrected chi connectivity index (χ1v) is 11.3. The van der Waals surface area contributed by atoms with E-state index in [1.54, 1.807) is 52.1 Å². The first kappa shape index (κ1) is 24.4. The third-order valence-corrected chi connectivity index (χ3v) is 5.68. The molecular weight excluding hydrogens is 426 g/mol. The van der Waals surface area contributed by atoms with Crippen molar-refractivity contribution in [3.05, 3.63) is 30.0 Å². The number of alkyl carbamates (subject to hydrolysis) is 1. The number of hydrogen-bond donors (Lipinski definition) is 4. The van der Waals surface area contributed by atoms with Gasteiger partial charge in [0.1, 0.15) is 22.9 Å². The van der Waals surface area contributed by atoms with Crippen LogP contribution in [0.1, 0.15) is 58.9 Å². The van der Waals surface area contributed by atoms with Gasteiger partial charge in [-0.1, -0.05) is 12.8 Å². The molecule has 4 N–H and O–H groups in total. The summed E-state index contributed by atoms with van der Waals surface area (Å²) in [5.41, 5.74) is -0.296. The summed E-state index contributed by atoms with van der Waals surface area (Å²) in [6.45, 7) is 7.13. The minimum atomic E-state index is -1.15. The average Bonchev–Trinajstić information content (AvgIpc) is 3.34.